The molecule has 174 valence electrons. The summed E-state index contributed by atoms with van der Waals surface area (Å²) in [6.07, 6.45) is 1.39. The standard InChI is InChI=1S/C22H28ClN3O5S/c1-5-20(22(28)24-2)25(14-16-6-8-17(23)9-7-16)21(27)15-26(32(4,29)30)18-10-12-19(31-3)13-11-18/h6-13,20H,5,14-15H2,1-4H3,(H,24,28). The minimum absolute atomic E-state index is 0.127. The zero-order valence-electron chi connectivity index (χ0n) is 18.5. The normalized spacial score (nSPS) is 12.0. The van der Waals surface area contributed by atoms with Crippen molar-refractivity contribution >= 4 is 39.1 Å². The lowest BCUT2D eigenvalue weighted by Crippen LogP contribution is -2.51. The van der Waals surface area contributed by atoms with E-state index in [1.807, 2.05) is 0 Å². The Hall–Kier alpha value is -2.78. The van der Waals surface area contributed by atoms with Crippen LogP contribution in [0.4, 0.5) is 5.69 Å². The first-order valence-corrected chi connectivity index (χ1v) is 12.2. The molecule has 2 rings (SSSR count). The van der Waals surface area contributed by atoms with Crippen LogP contribution in [0.15, 0.2) is 48.5 Å². The molecule has 32 heavy (non-hydrogen) atoms. The number of likely N-dealkylation sites (N-methyl/N-ethyl adjacent to an activating group) is 1. The summed E-state index contributed by atoms with van der Waals surface area (Å²) in [4.78, 5) is 27.3. The van der Waals surface area contributed by atoms with Crippen molar-refractivity contribution in [3.8, 4) is 5.75 Å². The SMILES string of the molecule is CCC(C(=O)NC)N(Cc1ccc(Cl)cc1)C(=O)CN(c1ccc(OC)cc1)S(C)(=O)=O. The molecule has 0 saturated heterocycles. The first-order chi connectivity index (χ1) is 15.1. The quantitative estimate of drug-likeness (QED) is 0.562. The minimum Gasteiger partial charge on any atom is -0.497 e. The number of carbonyl (C=O) groups excluding carboxylic acids is 2. The second-order valence-electron chi connectivity index (χ2n) is 7.15. The number of ether oxygens (including phenoxy) is 1. The van der Waals surface area contributed by atoms with Crippen molar-refractivity contribution in [1.29, 1.82) is 0 Å². The zero-order chi connectivity index (χ0) is 23.9. The van der Waals surface area contributed by atoms with E-state index in [0.29, 0.717) is 22.9 Å². The molecule has 1 N–H and O–H groups in total. The van der Waals surface area contributed by atoms with Crippen LogP contribution in [-0.4, -0.2) is 58.1 Å². The van der Waals surface area contributed by atoms with E-state index in [2.05, 4.69) is 5.32 Å². The van der Waals surface area contributed by atoms with Gasteiger partial charge >= 0.3 is 0 Å². The summed E-state index contributed by atoms with van der Waals surface area (Å²) in [5, 5.41) is 3.12. The molecule has 10 heteroatoms. The average Bonchev–Trinajstić information content (AvgIpc) is 2.77. The van der Waals surface area contributed by atoms with Gasteiger partial charge in [-0.05, 0) is 48.4 Å². The number of methoxy groups -OCH3 is 1. The highest BCUT2D eigenvalue weighted by atomic mass is 35.5. The maximum atomic E-state index is 13.4. The number of carbonyl (C=O) groups is 2. The Morgan fingerprint density at radius 3 is 2.16 bits per heavy atom. The van der Waals surface area contributed by atoms with Crippen molar-refractivity contribution in [1.82, 2.24) is 10.2 Å². The number of amides is 2. The number of nitrogens with one attached hydrogen (secondary N) is 1. The number of anilines is 1. The van der Waals surface area contributed by atoms with Crippen molar-refractivity contribution < 1.29 is 22.7 Å². The highest BCUT2D eigenvalue weighted by Crippen LogP contribution is 2.23. The Balaban J connectivity index is 2.39. The van der Waals surface area contributed by atoms with Crippen molar-refractivity contribution in [3.63, 3.8) is 0 Å². The number of sulfonamides is 1. The van der Waals surface area contributed by atoms with Gasteiger partial charge in [-0.1, -0.05) is 30.7 Å². The van der Waals surface area contributed by atoms with E-state index in [-0.39, 0.29) is 12.5 Å². The van der Waals surface area contributed by atoms with Gasteiger partial charge in [0, 0.05) is 18.6 Å². The molecule has 0 bridgehead atoms. The molecule has 2 aromatic carbocycles. The van der Waals surface area contributed by atoms with Crippen molar-refractivity contribution in [2.24, 2.45) is 0 Å². The van der Waals surface area contributed by atoms with E-state index in [1.54, 1.807) is 55.5 Å². The lowest BCUT2D eigenvalue weighted by molar-refractivity contribution is -0.140. The van der Waals surface area contributed by atoms with Crippen LogP contribution in [-0.2, 0) is 26.2 Å². The van der Waals surface area contributed by atoms with Crippen molar-refractivity contribution in [3.05, 3.63) is 59.1 Å². The van der Waals surface area contributed by atoms with E-state index < -0.39 is 28.5 Å². The summed E-state index contributed by atoms with van der Waals surface area (Å²) in [5.41, 5.74) is 1.08. The van der Waals surface area contributed by atoms with Crippen LogP contribution in [0.25, 0.3) is 0 Å². The number of benzene rings is 2. The van der Waals surface area contributed by atoms with Crippen LogP contribution in [0.2, 0.25) is 5.02 Å². The molecule has 0 aliphatic heterocycles. The predicted molar refractivity (Wildman–Crippen MR) is 125 cm³/mol. The first kappa shape index (κ1) is 25.5. The molecular formula is C22H28ClN3O5S. The number of hydrogen-bond donors (Lipinski definition) is 1. The molecule has 0 radical (unpaired) electrons. The van der Waals surface area contributed by atoms with Gasteiger partial charge in [0.15, 0.2) is 0 Å². The Labute approximate surface area is 194 Å². The first-order valence-electron chi connectivity index (χ1n) is 9.98. The number of nitrogens with zero attached hydrogens (tertiary/aromatic N) is 2. The van der Waals surface area contributed by atoms with E-state index >= 15 is 0 Å². The maximum Gasteiger partial charge on any atom is 0.244 e. The van der Waals surface area contributed by atoms with Gasteiger partial charge in [0.1, 0.15) is 18.3 Å². The van der Waals surface area contributed by atoms with Crippen molar-refractivity contribution in [2.75, 3.05) is 31.3 Å². The van der Waals surface area contributed by atoms with Crippen LogP contribution in [0.3, 0.4) is 0 Å². The Morgan fingerprint density at radius 2 is 1.69 bits per heavy atom. The van der Waals surface area contributed by atoms with Crippen LogP contribution in [0.1, 0.15) is 18.9 Å². The molecule has 1 unspecified atom stereocenters. The molecule has 0 fully saturated rings. The molecule has 1 atom stereocenters. The molecule has 0 aliphatic rings. The summed E-state index contributed by atoms with van der Waals surface area (Å²) in [5.74, 6) is -0.273. The minimum atomic E-state index is -3.78. The lowest BCUT2D eigenvalue weighted by atomic mass is 10.1. The topological polar surface area (TPSA) is 96.0 Å². The monoisotopic (exact) mass is 481 g/mol. The Kier molecular flexibility index (Phi) is 8.91. The zero-order valence-corrected chi connectivity index (χ0v) is 20.1. The largest absolute Gasteiger partial charge is 0.497 e. The van der Waals surface area contributed by atoms with Gasteiger partial charge in [-0.15, -0.1) is 0 Å². The highest BCUT2D eigenvalue weighted by Gasteiger charge is 2.31. The fourth-order valence-electron chi connectivity index (χ4n) is 3.23. The van der Waals surface area contributed by atoms with Gasteiger partial charge in [-0.25, -0.2) is 8.42 Å². The van der Waals surface area contributed by atoms with Gasteiger partial charge < -0.3 is 15.0 Å². The smallest absolute Gasteiger partial charge is 0.244 e. The Bertz CT molecular complexity index is 1030. The van der Waals surface area contributed by atoms with Gasteiger partial charge in [-0.2, -0.15) is 0 Å². The molecule has 0 heterocycles. The van der Waals surface area contributed by atoms with Gasteiger partial charge in [-0.3, -0.25) is 13.9 Å². The third kappa shape index (κ3) is 6.61. The molecule has 0 aliphatic carbocycles. The molecule has 8 nitrogen and oxygen atoms in total. The highest BCUT2D eigenvalue weighted by molar-refractivity contribution is 7.92. The molecular weight excluding hydrogens is 454 g/mol. The van der Waals surface area contributed by atoms with E-state index in [9.17, 15) is 18.0 Å². The summed E-state index contributed by atoms with van der Waals surface area (Å²) < 4.78 is 31.1. The number of hydrogen-bond acceptors (Lipinski definition) is 5. The predicted octanol–water partition coefficient (Wildman–Crippen LogP) is 2.67. The fraction of sp³-hybridized carbons (Fsp3) is 0.364. The van der Waals surface area contributed by atoms with Gasteiger partial charge in [0.25, 0.3) is 0 Å². The van der Waals surface area contributed by atoms with Gasteiger partial charge in [0.2, 0.25) is 21.8 Å². The second-order valence-corrected chi connectivity index (χ2v) is 9.50. The number of halogens is 1. The molecule has 2 amide bonds. The third-order valence-electron chi connectivity index (χ3n) is 4.94. The third-order valence-corrected chi connectivity index (χ3v) is 6.33. The van der Waals surface area contributed by atoms with Crippen LogP contribution in [0, 0.1) is 0 Å². The molecule has 0 saturated carbocycles. The lowest BCUT2D eigenvalue weighted by Gasteiger charge is -2.32. The maximum absolute atomic E-state index is 13.4. The molecule has 2 aromatic rings. The fourth-order valence-corrected chi connectivity index (χ4v) is 4.21. The van der Waals surface area contributed by atoms with E-state index in [0.717, 1.165) is 16.1 Å². The van der Waals surface area contributed by atoms with Crippen LogP contribution in [0.5, 0.6) is 5.75 Å². The average molecular weight is 482 g/mol. The summed E-state index contributed by atoms with van der Waals surface area (Å²) in [7, 11) is -0.775. The summed E-state index contributed by atoms with van der Waals surface area (Å²) >= 11 is 5.95. The van der Waals surface area contributed by atoms with E-state index in [4.69, 9.17) is 16.3 Å². The molecule has 0 aromatic heterocycles. The number of rotatable bonds is 10. The van der Waals surface area contributed by atoms with Crippen LogP contribution < -0.4 is 14.4 Å². The van der Waals surface area contributed by atoms with Gasteiger partial charge in [0.05, 0.1) is 19.1 Å². The summed E-state index contributed by atoms with van der Waals surface area (Å²) in [6, 6.07) is 12.5. The van der Waals surface area contributed by atoms with E-state index in [1.165, 1.54) is 19.1 Å². The van der Waals surface area contributed by atoms with Crippen molar-refractivity contribution in [2.45, 2.75) is 25.9 Å². The summed E-state index contributed by atoms with van der Waals surface area (Å²) in [6.45, 7) is 1.47. The molecule has 0 spiro atoms. The second kappa shape index (κ2) is 11.2. The van der Waals surface area contributed by atoms with Crippen LogP contribution >= 0.6 is 11.6 Å². The Morgan fingerprint density at radius 1 is 1.09 bits per heavy atom.